The number of thiazole rings is 1. The second kappa shape index (κ2) is 10.3. The number of aromatic nitrogens is 4. The van der Waals surface area contributed by atoms with E-state index in [1.54, 1.807) is 13.1 Å². The van der Waals surface area contributed by atoms with Gasteiger partial charge in [0.1, 0.15) is 29.0 Å². The molecule has 0 radical (unpaired) electrons. The normalized spacial score (nSPS) is 22.5. The van der Waals surface area contributed by atoms with E-state index in [1.165, 1.54) is 11.3 Å². The van der Waals surface area contributed by atoms with Crippen molar-refractivity contribution in [3.63, 3.8) is 0 Å². The van der Waals surface area contributed by atoms with Gasteiger partial charge in [-0.15, -0.1) is 11.3 Å². The van der Waals surface area contributed by atoms with E-state index in [4.69, 9.17) is 4.98 Å². The first-order valence-electron chi connectivity index (χ1n) is 11.9. The van der Waals surface area contributed by atoms with Crippen LogP contribution >= 0.6 is 11.3 Å². The van der Waals surface area contributed by atoms with Gasteiger partial charge in [-0.1, -0.05) is 20.8 Å². The predicted octanol–water partition coefficient (Wildman–Crippen LogP) is 3.53. The molecule has 0 spiro atoms. The zero-order valence-electron chi connectivity index (χ0n) is 21.0. The molecule has 202 valence electrons. The Kier molecular flexibility index (Phi) is 7.62. The lowest BCUT2D eigenvalue weighted by atomic mass is 9.90. The molecule has 1 unspecified atom stereocenters. The number of alkyl halides is 3. The quantitative estimate of drug-likeness (QED) is 0.305. The van der Waals surface area contributed by atoms with E-state index in [0.717, 1.165) is 15.9 Å². The lowest BCUT2D eigenvalue weighted by Gasteiger charge is -2.21. The lowest BCUT2D eigenvalue weighted by Crippen LogP contribution is -2.36. The maximum atomic E-state index is 12.8. The van der Waals surface area contributed by atoms with E-state index in [1.807, 2.05) is 6.07 Å². The molecule has 4 rings (SSSR count). The number of aliphatic hydroxyl groups excluding tert-OH is 3. The molecule has 3 aromatic heterocycles. The van der Waals surface area contributed by atoms with E-state index in [9.17, 15) is 28.5 Å². The van der Waals surface area contributed by atoms with Crippen LogP contribution in [-0.2, 0) is 6.42 Å². The molecule has 13 heteroatoms. The third kappa shape index (κ3) is 6.28. The fourth-order valence-corrected chi connectivity index (χ4v) is 5.54. The summed E-state index contributed by atoms with van der Waals surface area (Å²) in [5.41, 5.74) is 2.42. The summed E-state index contributed by atoms with van der Waals surface area (Å²) in [5, 5.41) is 36.2. The Morgan fingerprint density at radius 1 is 1.11 bits per heavy atom. The van der Waals surface area contributed by atoms with E-state index >= 15 is 0 Å². The fraction of sp³-hybridized carbons (Fsp3) is 0.583. The number of halogens is 3. The molecule has 1 saturated carbocycles. The number of anilines is 2. The van der Waals surface area contributed by atoms with Crippen LogP contribution in [0.25, 0.3) is 20.8 Å². The first-order chi connectivity index (χ1) is 17.3. The number of nitrogens with zero attached hydrogens (tertiary/aromatic N) is 4. The van der Waals surface area contributed by atoms with E-state index in [-0.39, 0.29) is 30.2 Å². The number of fused-ring (bicyclic) bond motifs is 1. The maximum absolute atomic E-state index is 12.8. The van der Waals surface area contributed by atoms with Gasteiger partial charge in [0, 0.05) is 18.7 Å². The molecule has 0 saturated heterocycles. The van der Waals surface area contributed by atoms with Gasteiger partial charge < -0.3 is 26.0 Å². The van der Waals surface area contributed by atoms with Gasteiger partial charge in [-0.2, -0.15) is 18.2 Å². The van der Waals surface area contributed by atoms with Gasteiger partial charge in [0.15, 0.2) is 0 Å². The largest absolute Gasteiger partial charge is 0.405 e. The molecule has 1 fully saturated rings. The molecule has 5 N–H and O–H groups in total. The average Bonchev–Trinajstić information content (AvgIpc) is 3.33. The summed E-state index contributed by atoms with van der Waals surface area (Å²) >= 11 is 1.38. The minimum Gasteiger partial charge on any atom is -0.396 e. The van der Waals surface area contributed by atoms with Gasteiger partial charge in [-0.3, -0.25) is 4.98 Å². The van der Waals surface area contributed by atoms with Crippen LogP contribution in [0, 0.1) is 18.3 Å². The number of hydrogen-bond acceptors (Lipinski definition) is 10. The summed E-state index contributed by atoms with van der Waals surface area (Å²) in [6.07, 6.45) is -4.15. The summed E-state index contributed by atoms with van der Waals surface area (Å²) in [5.74, 6) is -0.601. The van der Waals surface area contributed by atoms with Crippen molar-refractivity contribution in [2.75, 3.05) is 23.8 Å². The Labute approximate surface area is 216 Å². The highest BCUT2D eigenvalue weighted by atomic mass is 32.1. The Balaban J connectivity index is 1.78. The van der Waals surface area contributed by atoms with E-state index in [0.29, 0.717) is 22.7 Å². The predicted molar refractivity (Wildman–Crippen MR) is 135 cm³/mol. The van der Waals surface area contributed by atoms with Crippen LogP contribution in [0.5, 0.6) is 0 Å². The van der Waals surface area contributed by atoms with Crippen molar-refractivity contribution in [3.8, 4) is 10.6 Å². The van der Waals surface area contributed by atoms with Crippen LogP contribution < -0.4 is 10.6 Å². The highest BCUT2D eigenvalue weighted by molar-refractivity contribution is 7.21. The van der Waals surface area contributed by atoms with Gasteiger partial charge in [0.2, 0.25) is 5.95 Å². The fourth-order valence-electron chi connectivity index (χ4n) is 4.46. The average molecular weight is 541 g/mol. The molecule has 37 heavy (non-hydrogen) atoms. The van der Waals surface area contributed by atoms with Crippen LogP contribution in [-0.4, -0.2) is 72.8 Å². The molecule has 3 heterocycles. The van der Waals surface area contributed by atoms with Crippen LogP contribution in [0.15, 0.2) is 12.3 Å². The van der Waals surface area contributed by atoms with Crippen LogP contribution in [0.2, 0.25) is 0 Å². The Bertz CT molecular complexity index is 1260. The zero-order valence-corrected chi connectivity index (χ0v) is 21.8. The number of pyridine rings is 1. The number of rotatable bonds is 7. The molecular weight excluding hydrogens is 509 g/mol. The third-order valence-corrected chi connectivity index (χ3v) is 7.23. The van der Waals surface area contributed by atoms with Gasteiger partial charge in [-0.05, 0) is 31.2 Å². The number of aliphatic hydroxyl groups is 3. The summed E-state index contributed by atoms with van der Waals surface area (Å²) in [4.78, 5) is 17.9. The highest BCUT2D eigenvalue weighted by Gasteiger charge is 2.41. The molecule has 9 nitrogen and oxygen atoms in total. The van der Waals surface area contributed by atoms with Crippen LogP contribution in [0.4, 0.5) is 24.9 Å². The smallest absolute Gasteiger partial charge is 0.396 e. The topological polar surface area (TPSA) is 136 Å². The van der Waals surface area contributed by atoms with Crippen LogP contribution in [0.3, 0.4) is 0 Å². The third-order valence-electron chi connectivity index (χ3n) is 6.19. The first kappa shape index (κ1) is 27.4. The molecular formula is C24H31F3N6O3S. The molecule has 1 aliphatic carbocycles. The Morgan fingerprint density at radius 3 is 2.46 bits per heavy atom. The SMILES string of the molecule is Cc1nc(NCC(F)(F)F)nc(NC2C[C@H](CO)[C@@H](O)[C@H]2O)c1-c1nc2c(CC(C)(C)C)nccc2s1. The number of nitrogens with one attached hydrogen (secondary N) is 2. The summed E-state index contributed by atoms with van der Waals surface area (Å²) in [6.45, 7) is 6.34. The maximum Gasteiger partial charge on any atom is 0.405 e. The van der Waals surface area contributed by atoms with Crippen molar-refractivity contribution in [2.45, 2.75) is 65.0 Å². The van der Waals surface area contributed by atoms with Crippen molar-refractivity contribution in [3.05, 3.63) is 23.7 Å². The van der Waals surface area contributed by atoms with Gasteiger partial charge >= 0.3 is 6.18 Å². The molecule has 0 amide bonds. The number of aryl methyl sites for hydroxylation is 1. The highest BCUT2D eigenvalue weighted by Crippen LogP contribution is 2.39. The van der Waals surface area contributed by atoms with Gasteiger partial charge in [0.25, 0.3) is 0 Å². The molecule has 3 aromatic rings. The molecule has 0 aromatic carbocycles. The number of hydrogen-bond donors (Lipinski definition) is 5. The van der Waals surface area contributed by atoms with Crippen LogP contribution in [0.1, 0.15) is 38.6 Å². The Hall–Kier alpha value is -2.61. The second-order valence-electron chi connectivity index (χ2n) is 10.6. The van der Waals surface area contributed by atoms with Crippen molar-refractivity contribution in [1.29, 1.82) is 0 Å². The van der Waals surface area contributed by atoms with Crippen molar-refractivity contribution < 1.29 is 28.5 Å². The molecule has 0 bridgehead atoms. The van der Waals surface area contributed by atoms with E-state index < -0.39 is 36.9 Å². The second-order valence-corrected chi connectivity index (χ2v) is 11.6. The van der Waals surface area contributed by atoms with E-state index in [2.05, 4.69) is 46.4 Å². The van der Waals surface area contributed by atoms with Gasteiger partial charge in [-0.25, -0.2) is 9.97 Å². The molecule has 4 atom stereocenters. The summed E-state index contributed by atoms with van der Waals surface area (Å²) in [7, 11) is 0. The van der Waals surface area contributed by atoms with Crippen molar-refractivity contribution in [1.82, 2.24) is 19.9 Å². The minimum absolute atomic E-state index is 0.0225. The standard InChI is InChI=1S/C24H31F3N6O3S/c1-11-16(21-32-17-14(8-23(2,3)4)28-6-5-15(17)37-21)20(33-22(30-11)29-10-24(25,26)27)31-13-7-12(9-34)18(35)19(13)36/h5-6,12-13,18-19,34-36H,7-10H2,1-4H3,(H2,29,30,31,33)/t12-,13?,18-,19+/m1/s1. The minimum atomic E-state index is -4.47. The first-order valence-corrected chi connectivity index (χ1v) is 12.7. The molecule has 0 aliphatic heterocycles. The zero-order chi connectivity index (χ0) is 27.1. The lowest BCUT2D eigenvalue weighted by molar-refractivity contribution is -0.115. The Morgan fingerprint density at radius 2 is 1.84 bits per heavy atom. The van der Waals surface area contributed by atoms with Crippen molar-refractivity contribution >= 4 is 33.3 Å². The summed E-state index contributed by atoms with van der Waals surface area (Å²) in [6, 6.07) is 1.16. The summed E-state index contributed by atoms with van der Waals surface area (Å²) < 4.78 is 39.4. The monoisotopic (exact) mass is 540 g/mol. The van der Waals surface area contributed by atoms with Crippen molar-refractivity contribution in [2.24, 2.45) is 11.3 Å². The van der Waals surface area contributed by atoms with Gasteiger partial charge in [0.05, 0.1) is 33.8 Å². The molecule has 1 aliphatic rings.